The number of aromatic nitrogens is 3. The summed E-state index contributed by atoms with van der Waals surface area (Å²) in [6.45, 7) is 1.72. The van der Waals surface area contributed by atoms with Crippen LogP contribution in [0.1, 0.15) is 6.92 Å². The van der Waals surface area contributed by atoms with Crippen LogP contribution < -0.4 is 5.56 Å². The third kappa shape index (κ3) is 3.16. The molecule has 6 nitrogen and oxygen atoms in total. The molecule has 0 fully saturated rings. The van der Waals surface area contributed by atoms with Crippen LogP contribution >= 0.6 is 23.4 Å². The summed E-state index contributed by atoms with van der Waals surface area (Å²) in [6.07, 6.45) is 0. The van der Waals surface area contributed by atoms with Crippen LogP contribution in [0.4, 0.5) is 0 Å². The molecule has 0 spiro atoms. The van der Waals surface area contributed by atoms with Gasteiger partial charge in [-0.2, -0.15) is 0 Å². The summed E-state index contributed by atoms with van der Waals surface area (Å²) >= 11 is 7.17. The first-order valence-electron chi connectivity index (χ1n) is 8.53. The first kappa shape index (κ1) is 18.6. The van der Waals surface area contributed by atoms with E-state index in [2.05, 4.69) is 4.98 Å². The quantitative estimate of drug-likeness (QED) is 0.308. The lowest BCUT2D eigenvalue weighted by Gasteiger charge is -2.14. The fraction of sp³-hybridized carbons (Fsp3) is 0.150. The van der Waals surface area contributed by atoms with E-state index in [-0.39, 0.29) is 11.5 Å². The van der Waals surface area contributed by atoms with Gasteiger partial charge in [-0.3, -0.25) is 14.2 Å². The highest BCUT2D eigenvalue weighted by atomic mass is 35.5. The van der Waals surface area contributed by atoms with E-state index >= 15 is 0 Å². The van der Waals surface area contributed by atoms with Gasteiger partial charge in [0.15, 0.2) is 5.16 Å². The van der Waals surface area contributed by atoms with Crippen molar-refractivity contribution in [1.29, 1.82) is 0 Å². The van der Waals surface area contributed by atoms with Crippen LogP contribution in [0, 0.1) is 0 Å². The number of nitrogens with one attached hydrogen (secondary N) is 1. The van der Waals surface area contributed by atoms with Crippen molar-refractivity contribution in [3.8, 4) is 5.69 Å². The van der Waals surface area contributed by atoms with Crippen LogP contribution in [-0.2, 0) is 9.53 Å². The summed E-state index contributed by atoms with van der Waals surface area (Å²) in [5, 5.41) is 1.29. The number of esters is 1. The first-order chi connectivity index (χ1) is 13.5. The summed E-state index contributed by atoms with van der Waals surface area (Å²) < 4.78 is 6.30. The molecule has 2 aromatic heterocycles. The molecule has 4 rings (SSSR count). The minimum Gasteiger partial charge on any atom is -0.468 e. The number of rotatable bonds is 4. The van der Waals surface area contributed by atoms with Crippen molar-refractivity contribution in [1.82, 2.24) is 14.5 Å². The minimum absolute atomic E-state index is 0.247. The van der Waals surface area contributed by atoms with Gasteiger partial charge in [0.25, 0.3) is 5.56 Å². The zero-order chi connectivity index (χ0) is 19.8. The van der Waals surface area contributed by atoms with Crippen molar-refractivity contribution in [3.05, 3.63) is 63.9 Å². The molecule has 0 radical (unpaired) electrons. The molecule has 0 saturated carbocycles. The van der Waals surface area contributed by atoms with E-state index in [9.17, 15) is 9.59 Å². The fourth-order valence-corrected chi connectivity index (χ4v) is 4.08. The number of carbonyl (C=O) groups is 1. The van der Waals surface area contributed by atoms with Crippen LogP contribution in [0.15, 0.2) is 58.5 Å². The first-order valence-corrected chi connectivity index (χ1v) is 9.79. The zero-order valence-electron chi connectivity index (χ0n) is 15.1. The van der Waals surface area contributed by atoms with Crippen LogP contribution in [-0.4, -0.2) is 32.9 Å². The molecule has 2 heterocycles. The molecule has 0 aliphatic carbocycles. The average Bonchev–Trinajstić information content (AvgIpc) is 3.08. The molecule has 0 unspecified atom stereocenters. The molecule has 28 heavy (non-hydrogen) atoms. The van der Waals surface area contributed by atoms with Gasteiger partial charge in [0, 0.05) is 15.9 Å². The molecule has 0 aliphatic heterocycles. The summed E-state index contributed by atoms with van der Waals surface area (Å²) in [6, 6.07) is 14.5. The number of thioether (sulfide) groups is 1. The van der Waals surface area contributed by atoms with E-state index in [4.69, 9.17) is 21.3 Å². The maximum Gasteiger partial charge on any atom is 0.318 e. The van der Waals surface area contributed by atoms with Crippen molar-refractivity contribution in [2.45, 2.75) is 17.3 Å². The largest absolute Gasteiger partial charge is 0.468 e. The van der Waals surface area contributed by atoms with Crippen LogP contribution in [0.25, 0.3) is 27.6 Å². The number of H-pyrrole nitrogens is 1. The number of hydrogen-bond donors (Lipinski definition) is 1. The minimum atomic E-state index is -0.530. The molecule has 142 valence electrons. The molecule has 4 aromatic rings. The van der Waals surface area contributed by atoms with Crippen molar-refractivity contribution in [3.63, 3.8) is 0 Å². The Hall–Kier alpha value is -2.77. The number of hydrogen-bond acceptors (Lipinski definition) is 5. The van der Waals surface area contributed by atoms with Crippen LogP contribution in [0.2, 0.25) is 5.02 Å². The van der Waals surface area contributed by atoms with Gasteiger partial charge < -0.3 is 9.72 Å². The number of nitrogens with zero attached hydrogens (tertiary/aromatic N) is 2. The third-order valence-corrected chi connectivity index (χ3v) is 5.68. The average molecular weight is 414 g/mol. The normalized spacial score (nSPS) is 12.4. The van der Waals surface area contributed by atoms with Gasteiger partial charge in [0.2, 0.25) is 0 Å². The molecule has 1 N–H and O–H groups in total. The Morgan fingerprint density at radius 3 is 2.64 bits per heavy atom. The third-order valence-electron chi connectivity index (χ3n) is 4.39. The number of para-hydroxylation sites is 1. The highest BCUT2D eigenvalue weighted by Gasteiger charge is 2.22. The Bertz CT molecular complexity index is 1250. The van der Waals surface area contributed by atoms with Crippen LogP contribution in [0.3, 0.4) is 0 Å². The van der Waals surface area contributed by atoms with E-state index < -0.39 is 5.25 Å². The molecule has 0 aliphatic rings. The SMILES string of the molecule is COC(=O)[C@@H](C)Sc1nc2c([nH]c3ccccc32)c(=O)n1-c1ccc(Cl)cc1. The number of carbonyl (C=O) groups excluding carboxylic acids is 1. The van der Waals surface area contributed by atoms with Crippen molar-refractivity contribution >= 4 is 51.3 Å². The number of aromatic amines is 1. The molecule has 2 aromatic carbocycles. The Balaban J connectivity index is 2.01. The Labute approximate surface area is 169 Å². The molecule has 0 amide bonds. The predicted molar refractivity (Wildman–Crippen MR) is 112 cm³/mol. The number of methoxy groups -OCH3 is 1. The second kappa shape index (κ2) is 7.33. The zero-order valence-corrected chi connectivity index (χ0v) is 16.7. The van der Waals surface area contributed by atoms with Gasteiger partial charge in [-0.05, 0) is 37.3 Å². The van der Waals surface area contributed by atoms with Crippen molar-refractivity contribution in [2.75, 3.05) is 7.11 Å². The van der Waals surface area contributed by atoms with E-state index in [0.717, 1.165) is 10.9 Å². The van der Waals surface area contributed by atoms with Gasteiger partial charge in [-0.1, -0.05) is 41.6 Å². The molecular weight excluding hydrogens is 398 g/mol. The number of halogens is 1. The summed E-state index contributed by atoms with van der Waals surface area (Å²) in [7, 11) is 1.34. The smallest absolute Gasteiger partial charge is 0.318 e. The summed E-state index contributed by atoms with van der Waals surface area (Å²) in [5.41, 5.74) is 2.18. The maximum absolute atomic E-state index is 13.4. The lowest BCUT2D eigenvalue weighted by molar-refractivity contribution is -0.139. The van der Waals surface area contributed by atoms with E-state index in [1.165, 1.54) is 23.4 Å². The number of fused-ring (bicyclic) bond motifs is 3. The molecule has 0 saturated heterocycles. The number of ether oxygens (including phenoxy) is 1. The summed E-state index contributed by atoms with van der Waals surface area (Å²) in [5.74, 6) is -0.388. The fourth-order valence-electron chi connectivity index (χ4n) is 3.01. The second-order valence-corrected chi connectivity index (χ2v) is 7.93. The van der Waals surface area contributed by atoms with Gasteiger partial charge in [-0.25, -0.2) is 4.98 Å². The van der Waals surface area contributed by atoms with Crippen molar-refractivity contribution < 1.29 is 9.53 Å². The maximum atomic E-state index is 13.4. The Kier molecular flexibility index (Phi) is 4.87. The van der Waals surface area contributed by atoms with Gasteiger partial charge in [-0.15, -0.1) is 0 Å². The second-order valence-electron chi connectivity index (χ2n) is 6.19. The lowest BCUT2D eigenvalue weighted by Crippen LogP contribution is -2.24. The standard InChI is InChI=1S/C20H16ClN3O3S/c1-11(19(26)27-2)28-20-23-16-14-5-3-4-6-15(14)22-17(16)18(25)24(20)13-9-7-12(21)8-10-13/h3-11,22H,1-2H3/t11-/m1/s1. The predicted octanol–water partition coefficient (Wildman–Crippen LogP) is 4.17. The van der Waals surface area contributed by atoms with E-state index in [1.807, 2.05) is 24.3 Å². The topological polar surface area (TPSA) is 77.0 Å². The van der Waals surface area contributed by atoms with Gasteiger partial charge >= 0.3 is 5.97 Å². The Morgan fingerprint density at radius 2 is 1.93 bits per heavy atom. The molecule has 1 atom stereocenters. The van der Waals surface area contributed by atoms with Gasteiger partial charge in [0.05, 0.1) is 12.8 Å². The molecular formula is C20H16ClN3O3S. The summed E-state index contributed by atoms with van der Waals surface area (Å²) in [4.78, 5) is 33.2. The van der Waals surface area contributed by atoms with E-state index in [1.54, 1.807) is 31.2 Å². The number of benzene rings is 2. The highest BCUT2D eigenvalue weighted by molar-refractivity contribution is 8.00. The van der Waals surface area contributed by atoms with Gasteiger partial charge in [0.1, 0.15) is 16.3 Å². The monoisotopic (exact) mass is 413 g/mol. The lowest BCUT2D eigenvalue weighted by atomic mass is 10.2. The molecule has 0 bridgehead atoms. The van der Waals surface area contributed by atoms with Crippen molar-refractivity contribution in [2.24, 2.45) is 0 Å². The van der Waals surface area contributed by atoms with Crippen LogP contribution in [0.5, 0.6) is 0 Å². The van der Waals surface area contributed by atoms with E-state index in [0.29, 0.717) is 26.9 Å². The Morgan fingerprint density at radius 1 is 1.21 bits per heavy atom. The highest BCUT2D eigenvalue weighted by Crippen LogP contribution is 2.29. The molecule has 8 heteroatoms.